The van der Waals surface area contributed by atoms with Gasteiger partial charge in [0.1, 0.15) is 29.4 Å². The van der Waals surface area contributed by atoms with Crippen LogP contribution in [0.3, 0.4) is 0 Å². The second kappa shape index (κ2) is 7.49. The zero-order valence-corrected chi connectivity index (χ0v) is 16.8. The highest BCUT2D eigenvalue weighted by Gasteiger charge is 2.18. The average molecular weight is 434 g/mol. The van der Waals surface area contributed by atoms with Crippen molar-refractivity contribution in [3.8, 4) is 0 Å². The Balaban J connectivity index is 1.51. The maximum absolute atomic E-state index is 13.9. The number of benzene rings is 2. The second-order valence-corrected chi connectivity index (χ2v) is 7.45. The summed E-state index contributed by atoms with van der Waals surface area (Å²) in [5.41, 5.74) is 2.05. The third-order valence-corrected chi connectivity index (χ3v) is 5.31. The van der Waals surface area contributed by atoms with E-state index in [1.165, 1.54) is 41.1 Å². The van der Waals surface area contributed by atoms with E-state index in [1.807, 2.05) is 0 Å². The van der Waals surface area contributed by atoms with Gasteiger partial charge in [0.15, 0.2) is 5.78 Å². The van der Waals surface area contributed by atoms with Crippen LogP contribution in [-0.2, 0) is 13.1 Å². The first-order valence-corrected chi connectivity index (χ1v) is 9.75. The summed E-state index contributed by atoms with van der Waals surface area (Å²) in [6, 6.07) is 9.57. The van der Waals surface area contributed by atoms with Gasteiger partial charge in [0.2, 0.25) is 0 Å². The number of aromatic amines is 1. The lowest BCUT2D eigenvalue weighted by molar-refractivity contribution is 0.0967. The third kappa shape index (κ3) is 3.35. The van der Waals surface area contributed by atoms with Gasteiger partial charge in [-0.15, -0.1) is 5.10 Å². The molecular weight excluding hydrogens is 418 g/mol. The van der Waals surface area contributed by atoms with E-state index in [0.29, 0.717) is 38.8 Å². The molecule has 0 atom stereocenters. The number of carbonyl (C=O) groups is 1. The molecule has 10 heteroatoms. The lowest BCUT2D eigenvalue weighted by atomic mass is 10.1. The first kappa shape index (κ1) is 19.7. The highest BCUT2D eigenvalue weighted by Crippen LogP contribution is 2.29. The Morgan fingerprint density at radius 3 is 2.62 bits per heavy atom. The Morgan fingerprint density at radius 2 is 1.84 bits per heavy atom. The SMILES string of the molecule is Cc1n[nH]c(=O)c2c1c1cc(F)ccc1n2Cc1cn(CC(=O)c2ccc(F)cc2)nn1. The number of halogens is 2. The number of nitrogens with one attached hydrogen (secondary N) is 1. The zero-order chi connectivity index (χ0) is 22.4. The molecule has 0 saturated heterocycles. The molecule has 1 N–H and O–H groups in total. The van der Waals surface area contributed by atoms with Gasteiger partial charge >= 0.3 is 0 Å². The third-order valence-electron chi connectivity index (χ3n) is 5.31. The number of H-pyrrole nitrogens is 1. The summed E-state index contributed by atoms with van der Waals surface area (Å²) < 4.78 is 30.1. The van der Waals surface area contributed by atoms with E-state index in [2.05, 4.69) is 20.5 Å². The van der Waals surface area contributed by atoms with Crippen molar-refractivity contribution in [1.82, 2.24) is 29.8 Å². The van der Waals surface area contributed by atoms with Crippen LogP contribution < -0.4 is 5.56 Å². The number of carbonyl (C=O) groups excluding carboxylic acids is 1. The minimum absolute atomic E-state index is 0.0688. The number of rotatable bonds is 5. The number of fused-ring (bicyclic) bond motifs is 3. The Hall–Kier alpha value is -4.21. The van der Waals surface area contributed by atoms with Gasteiger partial charge < -0.3 is 4.57 Å². The van der Waals surface area contributed by atoms with Crippen LogP contribution in [0.25, 0.3) is 21.8 Å². The highest BCUT2D eigenvalue weighted by atomic mass is 19.1. The summed E-state index contributed by atoms with van der Waals surface area (Å²) in [6.07, 6.45) is 1.60. The van der Waals surface area contributed by atoms with Crippen LogP contribution in [0.4, 0.5) is 8.78 Å². The lowest BCUT2D eigenvalue weighted by Gasteiger charge is -2.04. The molecule has 5 aromatic rings. The molecule has 0 aliphatic heterocycles. The molecule has 0 unspecified atom stereocenters. The molecule has 0 amide bonds. The number of ketones is 1. The maximum Gasteiger partial charge on any atom is 0.288 e. The molecule has 3 aromatic heterocycles. The first-order valence-electron chi connectivity index (χ1n) is 9.75. The molecule has 0 aliphatic rings. The van der Waals surface area contributed by atoms with E-state index in [0.717, 1.165) is 0 Å². The molecule has 0 bridgehead atoms. The molecular formula is C22H16F2N6O2. The van der Waals surface area contributed by atoms with Crippen molar-refractivity contribution >= 4 is 27.6 Å². The van der Waals surface area contributed by atoms with Crippen molar-refractivity contribution in [2.75, 3.05) is 0 Å². The van der Waals surface area contributed by atoms with Gasteiger partial charge in [0.05, 0.1) is 18.4 Å². The van der Waals surface area contributed by atoms with Crippen molar-refractivity contribution < 1.29 is 13.6 Å². The van der Waals surface area contributed by atoms with E-state index in [1.54, 1.807) is 23.8 Å². The molecule has 0 aliphatic carbocycles. The summed E-state index contributed by atoms with van der Waals surface area (Å²) in [6.45, 7) is 1.85. The standard InChI is InChI=1S/C22H16F2N6O2/c1-12-20-17-8-15(24)6-7-18(17)30(21(20)22(32)27-25-12)10-16-9-29(28-26-16)11-19(31)13-2-4-14(23)5-3-13/h2-9H,10-11H2,1H3,(H,27,32). The van der Waals surface area contributed by atoms with E-state index < -0.39 is 17.2 Å². The second-order valence-electron chi connectivity index (χ2n) is 7.45. The van der Waals surface area contributed by atoms with E-state index in [9.17, 15) is 18.4 Å². The van der Waals surface area contributed by atoms with Crippen LogP contribution in [0.2, 0.25) is 0 Å². The van der Waals surface area contributed by atoms with Crippen molar-refractivity contribution in [2.24, 2.45) is 0 Å². The molecule has 8 nitrogen and oxygen atoms in total. The van der Waals surface area contributed by atoms with Crippen molar-refractivity contribution in [3.63, 3.8) is 0 Å². The quantitative estimate of drug-likeness (QED) is 0.429. The number of Topliss-reactive ketones (excluding diaryl/α,β-unsaturated/α-hetero) is 1. The number of hydrogen-bond acceptors (Lipinski definition) is 5. The molecule has 0 radical (unpaired) electrons. The molecule has 160 valence electrons. The smallest absolute Gasteiger partial charge is 0.288 e. The lowest BCUT2D eigenvalue weighted by Crippen LogP contribution is -2.14. The largest absolute Gasteiger partial charge is 0.330 e. The Kier molecular flexibility index (Phi) is 4.62. The zero-order valence-electron chi connectivity index (χ0n) is 16.8. The topological polar surface area (TPSA) is 98.5 Å². The fourth-order valence-electron chi connectivity index (χ4n) is 3.86. The van der Waals surface area contributed by atoms with Crippen LogP contribution in [0.1, 0.15) is 21.7 Å². The van der Waals surface area contributed by atoms with Crippen molar-refractivity contribution in [1.29, 1.82) is 0 Å². The number of nitrogens with zero attached hydrogens (tertiary/aromatic N) is 5. The van der Waals surface area contributed by atoms with Crippen LogP contribution in [0.15, 0.2) is 53.5 Å². The number of aryl methyl sites for hydroxylation is 1. The minimum atomic E-state index is -0.420. The molecule has 3 heterocycles. The summed E-state index contributed by atoms with van der Waals surface area (Å²) in [7, 11) is 0. The van der Waals surface area contributed by atoms with Crippen LogP contribution in [-0.4, -0.2) is 35.5 Å². The molecule has 5 rings (SSSR count). The van der Waals surface area contributed by atoms with E-state index >= 15 is 0 Å². The summed E-state index contributed by atoms with van der Waals surface area (Å²) in [5.74, 6) is -1.08. The van der Waals surface area contributed by atoms with Crippen LogP contribution in [0.5, 0.6) is 0 Å². The first-order chi connectivity index (χ1) is 15.4. The molecule has 0 spiro atoms. The van der Waals surface area contributed by atoms with Gasteiger partial charge in [-0.1, -0.05) is 5.21 Å². The fourth-order valence-corrected chi connectivity index (χ4v) is 3.86. The van der Waals surface area contributed by atoms with Crippen molar-refractivity contribution in [2.45, 2.75) is 20.0 Å². The molecule has 32 heavy (non-hydrogen) atoms. The van der Waals surface area contributed by atoms with Gasteiger partial charge in [-0.05, 0) is 49.4 Å². The Bertz CT molecular complexity index is 1550. The van der Waals surface area contributed by atoms with E-state index in [-0.39, 0.29) is 18.9 Å². The van der Waals surface area contributed by atoms with Gasteiger partial charge in [-0.25, -0.2) is 18.6 Å². The highest BCUT2D eigenvalue weighted by molar-refractivity contribution is 6.08. The minimum Gasteiger partial charge on any atom is -0.330 e. The summed E-state index contributed by atoms with van der Waals surface area (Å²) in [5, 5.41) is 15.7. The number of hydrogen-bond donors (Lipinski definition) is 1. The number of aromatic nitrogens is 6. The van der Waals surface area contributed by atoms with Crippen LogP contribution in [0, 0.1) is 18.6 Å². The maximum atomic E-state index is 13.9. The van der Waals surface area contributed by atoms with Gasteiger partial charge in [-0.3, -0.25) is 9.59 Å². The fraction of sp³-hybridized carbons (Fsp3) is 0.136. The van der Waals surface area contributed by atoms with Gasteiger partial charge in [-0.2, -0.15) is 5.10 Å². The Labute approximate surface area is 179 Å². The monoisotopic (exact) mass is 434 g/mol. The summed E-state index contributed by atoms with van der Waals surface area (Å²) >= 11 is 0. The Morgan fingerprint density at radius 1 is 1.09 bits per heavy atom. The van der Waals surface area contributed by atoms with Gasteiger partial charge in [0.25, 0.3) is 5.56 Å². The summed E-state index contributed by atoms with van der Waals surface area (Å²) in [4.78, 5) is 25.0. The average Bonchev–Trinajstić information content (AvgIpc) is 3.34. The van der Waals surface area contributed by atoms with Gasteiger partial charge in [0, 0.05) is 21.9 Å². The molecule has 2 aromatic carbocycles. The van der Waals surface area contributed by atoms with Crippen molar-refractivity contribution in [3.05, 3.63) is 87.6 Å². The van der Waals surface area contributed by atoms with E-state index in [4.69, 9.17) is 0 Å². The predicted octanol–water partition coefficient (Wildman–Crippen LogP) is 2.99. The normalized spacial score (nSPS) is 11.5. The predicted molar refractivity (Wildman–Crippen MR) is 112 cm³/mol. The van der Waals surface area contributed by atoms with Crippen LogP contribution >= 0.6 is 0 Å². The molecule has 0 saturated carbocycles. The molecule has 0 fully saturated rings.